The van der Waals surface area contributed by atoms with Crippen molar-refractivity contribution >= 4 is 29.2 Å². The second kappa shape index (κ2) is 9.75. The normalized spacial score (nSPS) is 14.4. The molecule has 4 heteroatoms. The Balaban J connectivity index is 0. The molecule has 0 aromatic carbocycles. The second-order valence-electron chi connectivity index (χ2n) is 5.65. The fourth-order valence-electron chi connectivity index (χ4n) is 2.40. The molecule has 1 nitrogen and oxygen atoms in total. The molecule has 0 bridgehead atoms. The standard InChI is InChI=1S/C13H27NS2.Zn/c1-9(2)7-11(5)14(13(15)16)12(6)8-10(3)4;/h9-12H,7-8H2,1-6H3,(H,15,16);/q;+2. The fourth-order valence-corrected chi connectivity index (χ4v) is 3.16. The van der Waals surface area contributed by atoms with Gasteiger partial charge in [-0.05, 0) is 38.5 Å². The van der Waals surface area contributed by atoms with Gasteiger partial charge in [-0.2, -0.15) is 0 Å². The largest absolute Gasteiger partial charge is 2.00 e. The van der Waals surface area contributed by atoms with Gasteiger partial charge in [-0.3, -0.25) is 0 Å². The number of hydrogen-bond donors (Lipinski definition) is 1. The third-order valence-electron chi connectivity index (χ3n) is 2.80. The molecule has 0 aliphatic rings. The van der Waals surface area contributed by atoms with Crippen LogP contribution in [0.4, 0.5) is 0 Å². The summed E-state index contributed by atoms with van der Waals surface area (Å²) in [6, 6.07) is 0.970. The molecule has 0 aliphatic heterocycles. The van der Waals surface area contributed by atoms with E-state index in [9.17, 15) is 0 Å². The van der Waals surface area contributed by atoms with Crippen molar-refractivity contribution in [3.63, 3.8) is 0 Å². The van der Waals surface area contributed by atoms with Crippen LogP contribution in [-0.2, 0) is 19.5 Å². The number of nitrogens with zero attached hydrogens (tertiary/aromatic N) is 1. The summed E-state index contributed by atoms with van der Waals surface area (Å²) in [6.07, 6.45) is 2.34. The smallest absolute Gasteiger partial charge is 0.352 e. The average molecular weight is 327 g/mol. The van der Waals surface area contributed by atoms with E-state index >= 15 is 0 Å². The average Bonchev–Trinajstić information content (AvgIpc) is 1.98. The van der Waals surface area contributed by atoms with Gasteiger partial charge in [0.15, 0.2) is 0 Å². The van der Waals surface area contributed by atoms with Crippen molar-refractivity contribution in [1.82, 2.24) is 4.90 Å². The minimum atomic E-state index is 0. The fraction of sp³-hybridized carbons (Fsp3) is 0.923. The maximum atomic E-state index is 5.27. The van der Waals surface area contributed by atoms with E-state index in [-0.39, 0.29) is 19.5 Å². The quantitative estimate of drug-likeness (QED) is 0.438. The Bertz CT molecular complexity index is 203. The molecule has 0 saturated carbocycles. The second-order valence-corrected chi connectivity index (χ2v) is 6.76. The molecule has 0 aromatic rings. The van der Waals surface area contributed by atoms with Gasteiger partial charge in [0.1, 0.15) is 4.32 Å². The summed E-state index contributed by atoms with van der Waals surface area (Å²) >= 11 is 9.64. The Morgan fingerprint density at radius 2 is 1.24 bits per heavy atom. The first kappa shape index (κ1) is 20.2. The summed E-state index contributed by atoms with van der Waals surface area (Å²) in [4.78, 5) is 2.29. The SMILES string of the molecule is CC(C)CC(C)N(C(=S)S)C(C)CC(C)C.[Zn+2]. The number of hydrogen-bond acceptors (Lipinski definition) is 1. The molecule has 17 heavy (non-hydrogen) atoms. The monoisotopic (exact) mass is 325 g/mol. The van der Waals surface area contributed by atoms with Gasteiger partial charge < -0.3 is 4.90 Å². The van der Waals surface area contributed by atoms with Crippen molar-refractivity contribution in [2.24, 2.45) is 11.8 Å². The van der Waals surface area contributed by atoms with Crippen molar-refractivity contribution < 1.29 is 19.5 Å². The predicted molar refractivity (Wildman–Crippen MR) is 81.3 cm³/mol. The van der Waals surface area contributed by atoms with Crippen LogP contribution in [0.2, 0.25) is 0 Å². The van der Waals surface area contributed by atoms with Crippen LogP contribution in [0.15, 0.2) is 0 Å². The molecular formula is C13H27NS2Zn+2. The van der Waals surface area contributed by atoms with E-state index in [1.807, 2.05) is 0 Å². The van der Waals surface area contributed by atoms with Crippen LogP contribution in [0.5, 0.6) is 0 Å². The molecule has 0 heterocycles. The molecule has 0 aromatic heterocycles. The van der Waals surface area contributed by atoms with Crippen molar-refractivity contribution in [3.05, 3.63) is 0 Å². The summed E-state index contributed by atoms with van der Waals surface area (Å²) in [5, 5.41) is 0. The van der Waals surface area contributed by atoms with E-state index in [1.165, 1.54) is 12.8 Å². The molecular weight excluding hydrogens is 300 g/mol. The molecule has 0 radical (unpaired) electrons. The van der Waals surface area contributed by atoms with Gasteiger partial charge in [0.2, 0.25) is 0 Å². The maximum Gasteiger partial charge on any atom is 2.00 e. The van der Waals surface area contributed by atoms with Crippen LogP contribution in [-0.4, -0.2) is 21.3 Å². The minimum Gasteiger partial charge on any atom is -0.352 e. The van der Waals surface area contributed by atoms with Gasteiger partial charge in [0.05, 0.1) is 0 Å². The van der Waals surface area contributed by atoms with E-state index in [0.29, 0.717) is 23.9 Å². The first-order chi connectivity index (χ1) is 7.25. The van der Waals surface area contributed by atoms with E-state index in [0.717, 1.165) is 4.32 Å². The molecule has 0 rings (SSSR count). The molecule has 2 unspecified atom stereocenters. The zero-order valence-corrected chi connectivity index (χ0v) is 16.9. The van der Waals surface area contributed by atoms with Crippen molar-refractivity contribution in [1.29, 1.82) is 0 Å². The van der Waals surface area contributed by atoms with Crippen molar-refractivity contribution in [2.75, 3.05) is 0 Å². The zero-order chi connectivity index (χ0) is 12.9. The third-order valence-corrected chi connectivity index (χ3v) is 3.24. The van der Waals surface area contributed by atoms with E-state index < -0.39 is 0 Å². The Labute approximate surface area is 131 Å². The molecule has 0 fully saturated rings. The van der Waals surface area contributed by atoms with Crippen LogP contribution < -0.4 is 0 Å². The number of thiocarbonyl (C=S) groups is 1. The van der Waals surface area contributed by atoms with Crippen LogP contribution in [0.25, 0.3) is 0 Å². The van der Waals surface area contributed by atoms with Crippen LogP contribution in [0.1, 0.15) is 54.4 Å². The summed E-state index contributed by atoms with van der Waals surface area (Å²) in [5.41, 5.74) is 0. The Hall–Kier alpha value is 0.863. The molecule has 0 saturated heterocycles. The molecule has 0 aliphatic carbocycles. The van der Waals surface area contributed by atoms with E-state index in [4.69, 9.17) is 12.2 Å². The first-order valence-corrected chi connectivity index (χ1v) is 7.12. The first-order valence-electron chi connectivity index (χ1n) is 6.26. The Kier molecular flexibility index (Phi) is 11.6. The number of thiol groups is 1. The molecule has 0 N–H and O–H groups in total. The van der Waals surface area contributed by atoms with Gasteiger partial charge in [0, 0.05) is 12.1 Å². The molecule has 96 valence electrons. The number of rotatable bonds is 6. The Morgan fingerprint density at radius 1 is 0.941 bits per heavy atom. The van der Waals surface area contributed by atoms with E-state index in [1.54, 1.807) is 0 Å². The molecule has 2 atom stereocenters. The van der Waals surface area contributed by atoms with Gasteiger partial charge in [-0.1, -0.05) is 39.9 Å². The van der Waals surface area contributed by atoms with Crippen molar-refractivity contribution in [2.45, 2.75) is 66.5 Å². The van der Waals surface area contributed by atoms with Gasteiger partial charge in [-0.15, -0.1) is 12.6 Å². The van der Waals surface area contributed by atoms with Gasteiger partial charge >= 0.3 is 19.5 Å². The van der Waals surface area contributed by atoms with Crippen LogP contribution >= 0.6 is 24.8 Å². The summed E-state index contributed by atoms with van der Waals surface area (Å²) in [7, 11) is 0. The Morgan fingerprint density at radius 3 is 1.41 bits per heavy atom. The topological polar surface area (TPSA) is 3.24 Å². The third kappa shape index (κ3) is 8.56. The minimum absolute atomic E-state index is 0. The molecule has 0 spiro atoms. The predicted octanol–water partition coefficient (Wildman–Crippen LogP) is 4.37. The van der Waals surface area contributed by atoms with Gasteiger partial charge in [-0.25, -0.2) is 0 Å². The van der Waals surface area contributed by atoms with Crippen molar-refractivity contribution in [3.8, 4) is 0 Å². The zero-order valence-electron chi connectivity index (χ0n) is 12.2. The molecule has 0 amide bonds. The summed E-state index contributed by atoms with van der Waals surface area (Å²) in [6.45, 7) is 13.5. The maximum absolute atomic E-state index is 5.27. The van der Waals surface area contributed by atoms with Gasteiger partial charge in [0.25, 0.3) is 0 Å². The van der Waals surface area contributed by atoms with Crippen LogP contribution in [0, 0.1) is 11.8 Å². The summed E-state index contributed by atoms with van der Waals surface area (Å²) < 4.78 is 0.737. The summed E-state index contributed by atoms with van der Waals surface area (Å²) in [5.74, 6) is 1.40. The van der Waals surface area contributed by atoms with Crippen LogP contribution in [0.3, 0.4) is 0 Å². The van der Waals surface area contributed by atoms with E-state index in [2.05, 4.69) is 59.1 Å².